The van der Waals surface area contributed by atoms with Gasteiger partial charge in [-0.1, -0.05) is 11.6 Å². The van der Waals surface area contributed by atoms with Gasteiger partial charge in [0.15, 0.2) is 0 Å². The first-order valence-electron chi connectivity index (χ1n) is 10.6. The van der Waals surface area contributed by atoms with Gasteiger partial charge in [-0.15, -0.1) is 0 Å². The predicted molar refractivity (Wildman–Crippen MR) is 120 cm³/mol. The third-order valence-corrected chi connectivity index (χ3v) is 6.69. The van der Waals surface area contributed by atoms with Crippen molar-refractivity contribution >= 4 is 40.8 Å². The maximum atomic E-state index is 13.2. The van der Waals surface area contributed by atoms with Crippen molar-refractivity contribution in [1.82, 2.24) is 14.8 Å². The van der Waals surface area contributed by atoms with Gasteiger partial charge in [0.2, 0.25) is 0 Å². The number of hydrogen-bond acceptors (Lipinski definition) is 4. The highest BCUT2D eigenvalue weighted by molar-refractivity contribution is 6.36. The highest BCUT2D eigenvalue weighted by Crippen LogP contribution is 2.36. The summed E-state index contributed by atoms with van der Waals surface area (Å²) in [5.74, 6) is -0.132. The first-order valence-corrected chi connectivity index (χ1v) is 10.9. The van der Waals surface area contributed by atoms with E-state index < -0.39 is 0 Å². The molecule has 0 aliphatic carbocycles. The monoisotopic (exact) mass is 440 g/mol. The average molecular weight is 441 g/mol. The lowest BCUT2D eigenvalue weighted by Gasteiger charge is -2.46. The Morgan fingerprint density at radius 1 is 1.23 bits per heavy atom. The van der Waals surface area contributed by atoms with Crippen LogP contribution in [0.5, 0.6) is 0 Å². The molecule has 3 aliphatic heterocycles. The zero-order valence-corrected chi connectivity index (χ0v) is 18.4. The second-order valence-electron chi connectivity index (χ2n) is 8.38. The summed E-state index contributed by atoms with van der Waals surface area (Å²) in [6.07, 6.45) is 1.81. The molecule has 0 unspecified atom stereocenters. The van der Waals surface area contributed by atoms with E-state index in [-0.39, 0.29) is 11.8 Å². The molecule has 0 saturated carbocycles. The van der Waals surface area contributed by atoms with Gasteiger partial charge in [-0.25, -0.2) is 0 Å². The van der Waals surface area contributed by atoms with Gasteiger partial charge in [0.1, 0.15) is 0 Å². The molecular formula is C23H25ClN4O3. The Kier molecular flexibility index (Phi) is 5.12. The van der Waals surface area contributed by atoms with Crippen molar-refractivity contribution in [3.05, 3.63) is 51.3 Å². The Morgan fingerprint density at radius 2 is 1.97 bits per heavy atom. The number of hydrogen-bond donors (Lipinski definition) is 2. The molecule has 2 N–H and O–H groups in total. The van der Waals surface area contributed by atoms with Crippen molar-refractivity contribution < 1.29 is 14.3 Å². The Morgan fingerprint density at radius 3 is 2.71 bits per heavy atom. The fourth-order valence-electron chi connectivity index (χ4n) is 4.64. The number of morpholine rings is 1. The summed E-state index contributed by atoms with van der Waals surface area (Å²) in [5.41, 5.74) is 5.18. The van der Waals surface area contributed by atoms with Crippen molar-refractivity contribution in [1.29, 1.82) is 0 Å². The van der Waals surface area contributed by atoms with Crippen LogP contribution in [0, 0.1) is 13.8 Å². The second kappa shape index (κ2) is 7.82. The molecule has 4 heterocycles. The summed E-state index contributed by atoms with van der Waals surface area (Å²) in [5, 5.41) is 3.44. The van der Waals surface area contributed by atoms with Crippen molar-refractivity contribution in [3.63, 3.8) is 0 Å². The molecule has 3 aliphatic rings. The Bertz CT molecular complexity index is 1090. The summed E-state index contributed by atoms with van der Waals surface area (Å²) in [6, 6.07) is 5.75. The molecule has 31 heavy (non-hydrogen) atoms. The zero-order valence-electron chi connectivity index (χ0n) is 17.6. The topological polar surface area (TPSA) is 77.7 Å². The lowest BCUT2D eigenvalue weighted by molar-refractivity contribution is -0.110. The first-order chi connectivity index (χ1) is 14.9. The largest absolute Gasteiger partial charge is 0.379 e. The lowest BCUT2D eigenvalue weighted by Crippen LogP contribution is -2.62. The van der Waals surface area contributed by atoms with Gasteiger partial charge in [0.05, 0.1) is 24.4 Å². The Labute approximate surface area is 186 Å². The van der Waals surface area contributed by atoms with Gasteiger partial charge in [-0.3, -0.25) is 14.5 Å². The van der Waals surface area contributed by atoms with Gasteiger partial charge in [0.25, 0.3) is 11.8 Å². The van der Waals surface area contributed by atoms with Crippen LogP contribution in [0.25, 0.3) is 11.6 Å². The maximum absolute atomic E-state index is 13.2. The van der Waals surface area contributed by atoms with Crippen LogP contribution in [0.1, 0.15) is 32.9 Å². The smallest absolute Gasteiger partial charge is 0.256 e. The number of benzene rings is 1. The normalized spacial score (nSPS) is 20.7. The van der Waals surface area contributed by atoms with Crippen molar-refractivity contribution in [2.45, 2.75) is 19.9 Å². The molecule has 0 bridgehead atoms. The van der Waals surface area contributed by atoms with Crippen molar-refractivity contribution in [2.24, 2.45) is 0 Å². The number of nitrogens with zero attached hydrogens (tertiary/aromatic N) is 2. The molecule has 1 aromatic carbocycles. The van der Waals surface area contributed by atoms with Crippen LogP contribution in [0.15, 0.2) is 18.2 Å². The van der Waals surface area contributed by atoms with Gasteiger partial charge in [0, 0.05) is 59.9 Å². The van der Waals surface area contributed by atoms with E-state index in [1.54, 1.807) is 18.2 Å². The van der Waals surface area contributed by atoms with Gasteiger partial charge < -0.3 is 19.9 Å². The fraction of sp³-hybridized carbons (Fsp3) is 0.391. The molecule has 2 amide bonds. The molecule has 7 nitrogen and oxygen atoms in total. The van der Waals surface area contributed by atoms with Gasteiger partial charge in [-0.05, 0) is 43.7 Å². The van der Waals surface area contributed by atoms with E-state index in [1.165, 1.54) is 0 Å². The molecule has 162 valence electrons. The quantitative estimate of drug-likeness (QED) is 0.719. The number of halogens is 1. The van der Waals surface area contributed by atoms with E-state index in [0.29, 0.717) is 22.2 Å². The van der Waals surface area contributed by atoms with Gasteiger partial charge >= 0.3 is 0 Å². The van der Waals surface area contributed by atoms with E-state index in [0.717, 1.165) is 67.6 Å². The fourth-order valence-corrected chi connectivity index (χ4v) is 4.81. The van der Waals surface area contributed by atoms with Crippen molar-refractivity contribution in [3.8, 4) is 0 Å². The number of aryl methyl sites for hydroxylation is 1. The van der Waals surface area contributed by atoms with E-state index in [9.17, 15) is 9.59 Å². The molecule has 0 atom stereocenters. The number of aromatic nitrogens is 1. The van der Waals surface area contributed by atoms with E-state index in [2.05, 4.69) is 15.2 Å². The summed E-state index contributed by atoms with van der Waals surface area (Å²) in [4.78, 5) is 33.3. The Hall–Kier alpha value is -2.61. The third kappa shape index (κ3) is 3.56. The number of amides is 2. The van der Waals surface area contributed by atoms with Crippen LogP contribution in [-0.2, 0) is 9.53 Å². The number of nitrogens with one attached hydrogen (secondary N) is 2. The second-order valence-corrected chi connectivity index (χ2v) is 8.81. The lowest BCUT2D eigenvalue weighted by atomic mass is 10.0. The number of fused-ring (bicyclic) bond motifs is 1. The third-order valence-electron chi connectivity index (χ3n) is 6.45. The number of carbonyl (C=O) groups is 2. The summed E-state index contributed by atoms with van der Waals surface area (Å²) >= 11 is 6.13. The minimum Gasteiger partial charge on any atom is -0.379 e. The minimum absolute atomic E-state index is 0.0414. The van der Waals surface area contributed by atoms with Crippen LogP contribution >= 0.6 is 11.6 Å². The number of H-pyrrole nitrogens is 1. The number of aromatic amines is 1. The predicted octanol–water partition coefficient (Wildman–Crippen LogP) is 2.93. The van der Waals surface area contributed by atoms with Crippen LogP contribution in [-0.4, -0.2) is 72.0 Å². The average Bonchev–Trinajstić information content (AvgIpc) is 3.17. The van der Waals surface area contributed by atoms with Gasteiger partial charge in [-0.2, -0.15) is 0 Å². The number of anilines is 1. The molecule has 8 heteroatoms. The number of rotatable bonds is 3. The summed E-state index contributed by atoms with van der Waals surface area (Å²) < 4.78 is 5.42. The minimum atomic E-state index is -0.173. The molecule has 2 saturated heterocycles. The van der Waals surface area contributed by atoms with Crippen LogP contribution in [0.3, 0.4) is 0 Å². The van der Waals surface area contributed by atoms with E-state index >= 15 is 0 Å². The number of likely N-dealkylation sites (tertiary alicyclic amines) is 1. The van der Waals surface area contributed by atoms with Crippen LogP contribution in [0.2, 0.25) is 5.02 Å². The van der Waals surface area contributed by atoms with E-state index in [4.69, 9.17) is 16.3 Å². The molecule has 2 fully saturated rings. The molecule has 0 spiro atoms. The SMILES string of the molecule is Cc1[nH]c(C=C2C(=O)Nc3ccc(Cl)cc32)c(C)c1C(=O)N1CC(N2CCOCC2)C1. The summed E-state index contributed by atoms with van der Waals surface area (Å²) in [6.45, 7) is 8.71. The summed E-state index contributed by atoms with van der Waals surface area (Å²) in [7, 11) is 0. The number of carbonyl (C=O) groups excluding carboxylic acids is 2. The van der Waals surface area contributed by atoms with Crippen LogP contribution in [0.4, 0.5) is 5.69 Å². The molecule has 1 aromatic heterocycles. The molecular weight excluding hydrogens is 416 g/mol. The van der Waals surface area contributed by atoms with Crippen molar-refractivity contribution in [2.75, 3.05) is 44.7 Å². The Balaban J connectivity index is 1.37. The standard InChI is InChI=1S/C23H25ClN4O3/c1-13-20(10-18-17-9-15(24)3-4-19(17)26-22(18)29)25-14(2)21(13)23(30)28-11-16(12-28)27-5-7-31-8-6-27/h3-4,9-10,16,25H,5-8,11-12H2,1-2H3,(H,26,29). The number of ether oxygens (including phenoxy) is 1. The molecule has 2 aromatic rings. The first kappa shape index (κ1) is 20.3. The highest BCUT2D eigenvalue weighted by Gasteiger charge is 2.37. The zero-order chi connectivity index (χ0) is 21.7. The highest BCUT2D eigenvalue weighted by atomic mass is 35.5. The maximum Gasteiger partial charge on any atom is 0.256 e. The van der Waals surface area contributed by atoms with E-state index in [1.807, 2.05) is 24.8 Å². The molecule has 0 radical (unpaired) electrons. The molecule has 5 rings (SSSR count). The van der Waals surface area contributed by atoms with Crippen LogP contribution < -0.4 is 5.32 Å².